The average molecular weight is 438 g/mol. The Morgan fingerprint density at radius 3 is 2.63 bits per heavy atom. The van der Waals surface area contributed by atoms with Crippen molar-refractivity contribution in [2.24, 2.45) is 5.92 Å². The van der Waals surface area contributed by atoms with E-state index in [1.807, 2.05) is 16.6 Å². The fourth-order valence-corrected chi connectivity index (χ4v) is 4.95. The zero-order valence-electron chi connectivity index (χ0n) is 18.0. The standard InChI is InChI=1S/C19H31N7O3S/c1-18(2,3)17-22-21-15-5-6-16(23-26(15)17)24-10-14(11-24)9-20-12-19(27)7-8-25(13-19)30(4,28)29/h5-6,14,20,27H,7-13H2,1-4H3. The zero-order chi connectivity index (χ0) is 21.7. The van der Waals surface area contributed by atoms with Crippen LogP contribution >= 0.6 is 0 Å². The minimum atomic E-state index is -3.25. The van der Waals surface area contributed by atoms with Crippen LogP contribution in [0.25, 0.3) is 5.65 Å². The van der Waals surface area contributed by atoms with Gasteiger partial charge in [0.2, 0.25) is 10.0 Å². The van der Waals surface area contributed by atoms with Gasteiger partial charge in [-0.1, -0.05) is 20.8 Å². The topological polar surface area (TPSA) is 116 Å². The third-order valence-corrected chi connectivity index (χ3v) is 7.10. The van der Waals surface area contributed by atoms with E-state index < -0.39 is 15.6 Å². The van der Waals surface area contributed by atoms with Gasteiger partial charge >= 0.3 is 0 Å². The predicted octanol–water partition coefficient (Wildman–Crippen LogP) is -0.156. The first-order chi connectivity index (χ1) is 13.9. The number of aromatic nitrogens is 4. The molecule has 0 radical (unpaired) electrons. The number of nitrogens with one attached hydrogen (secondary N) is 1. The minimum absolute atomic E-state index is 0.139. The summed E-state index contributed by atoms with van der Waals surface area (Å²) >= 11 is 0. The van der Waals surface area contributed by atoms with Gasteiger partial charge in [0.1, 0.15) is 5.82 Å². The number of sulfonamides is 1. The van der Waals surface area contributed by atoms with Crippen LogP contribution < -0.4 is 10.2 Å². The highest BCUT2D eigenvalue weighted by atomic mass is 32.2. The molecule has 2 aliphatic rings. The lowest BCUT2D eigenvalue weighted by atomic mass is 9.96. The van der Waals surface area contributed by atoms with Crippen LogP contribution in [0.3, 0.4) is 0 Å². The van der Waals surface area contributed by atoms with E-state index in [2.05, 4.69) is 41.2 Å². The van der Waals surface area contributed by atoms with E-state index in [9.17, 15) is 13.5 Å². The lowest BCUT2D eigenvalue weighted by Crippen LogP contribution is -2.53. The largest absolute Gasteiger partial charge is 0.387 e. The average Bonchev–Trinajstić information content (AvgIpc) is 3.20. The molecule has 166 valence electrons. The molecule has 30 heavy (non-hydrogen) atoms. The Bertz CT molecular complexity index is 1030. The molecule has 0 aromatic carbocycles. The monoisotopic (exact) mass is 437 g/mol. The fourth-order valence-electron chi connectivity index (χ4n) is 4.06. The van der Waals surface area contributed by atoms with Crippen molar-refractivity contribution in [1.82, 2.24) is 29.4 Å². The SMILES string of the molecule is CC(C)(C)c1nnc2ccc(N3CC(CNCC4(O)CCN(S(C)(=O)=O)C4)C3)nn12. The second-order valence-corrected chi connectivity index (χ2v) is 11.7. The maximum Gasteiger partial charge on any atom is 0.211 e. The second-order valence-electron chi connectivity index (χ2n) is 9.71. The van der Waals surface area contributed by atoms with Crippen molar-refractivity contribution >= 4 is 21.5 Å². The van der Waals surface area contributed by atoms with E-state index in [1.54, 1.807) is 0 Å². The molecule has 2 fully saturated rings. The Labute approximate surface area is 177 Å². The van der Waals surface area contributed by atoms with E-state index in [0.717, 1.165) is 36.9 Å². The number of anilines is 1. The summed E-state index contributed by atoms with van der Waals surface area (Å²) in [6.07, 6.45) is 1.65. The van der Waals surface area contributed by atoms with Gasteiger partial charge in [0.15, 0.2) is 11.5 Å². The lowest BCUT2D eigenvalue weighted by molar-refractivity contribution is 0.0546. The van der Waals surface area contributed by atoms with Crippen molar-refractivity contribution in [3.8, 4) is 0 Å². The number of hydrogen-bond donors (Lipinski definition) is 2. The molecule has 0 saturated carbocycles. The van der Waals surface area contributed by atoms with Crippen molar-refractivity contribution in [2.75, 3.05) is 50.4 Å². The van der Waals surface area contributed by atoms with Crippen LogP contribution in [0, 0.1) is 5.92 Å². The first-order valence-electron chi connectivity index (χ1n) is 10.3. The molecule has 0 amide bonds. The van der Waals surface area contributed by atoms with Crippen LogP contribution in [0.4, 0.5) is 5.82 Å². The number of β-amino-alcohol motifs (C(OH)–C–C–N with tert-alkyl or cyclic N) is 1. The second kappa shape index (κ2) is 7.40. The molecule has 0 bridgehead atoms. The van der Waals surface area contributed by atoms with Crippen molar-refractivity contribution in [2.45, 2.75) is 38.2 Å². The van der Waals surface area contributed by atoms with Gasteiger partial charge in [0.05, 0.1) is 11.9 Å². The number of rotatable bonds is 6. The van der Waals surface area contributed by atoms with Crippen molar-refractivity contribution in [3.63, 3.8) is 0 Å². The van der Waals surface area contributed by atoms with Crippen LogP contribution in [0.2, 0.25) is 0 Å². The molecule has 0 spiro atoms. The Hall–Kier alpha value is -1.82. The first kappa shape index (κ1) is 21.4. The molecular formula is C19H31N7O3S. The number of nitrogens with zero attached hydrogens (tertiary/aromatic N) is 6. The Morgan fingerprint density at radius 2 is 2.00 bits per heavy atom. The van der Waals surface area contributed by atoms with Gasteiger partial charge in [-0.3, -0.25) is 0 Å². The van der Waals surface area contributed by atoms with Gasteiger partial charge in [-0.05, 0) is 18.6 Å². The molecule has 1 unspecified atom stereocenters. The van der Waals surface area contributed by atoms with Crippen LogP contribution in [0.1, 0.15) is 33.0 Å². The molecular weight excluding hydrogens is 406 g/mol. The maximum absolute atomic E-state index is 11.6. The Balaban J connectivity index is 1.29. The van der Waals surface area contributed by atoms with Gasteiger partial charge in [-0.15, -0.1) is 15.3 Å². The molecule has 0 aliphatic carbocycles. The van der Waals surface area contributed by atoms with Gasteiger partial charge in [-0.25, -0.2) is 8.42 Å². The Kier molecular flexibility index (Phi) is 5.28. The highest BCUT2D eigenvalue weighted by Crippen LogP contribution is 2.26. The summed E-state index contributed by atoms with van der Waals surface area (Å²) in [5.74, 6) is 2.20. The van der Waals surface area contributed by atoms with E-state index >= 15 is 0 Å². The predicted molar refractivity (Wildman–Crippen MR) is 114 cm³/mol. The third-order valence-electron chi connectivity index (χ3n) is 5.85. The zero-order valence-corrected chi connectivity index (χ0v) is 18.9. The number of fused-ring (bicyclic) bond motifs is 1. The summed E-state index contributed by atoms with van der Waals surface area (Å²) < 4.78 is 26.5. The van der Waals surface area contributed by atoms with Gasteiger partial charge < -0.3 is 15.3 Å². The summed E-state index contributed by atoms with van der Waals surface area (Å²) in [6.45, 7) is 9.76. The van der Waals surface area contributed by atoms with E-state index in [0.29, 0.717) is 25.4 Å². The molecule has 2 N–H and O–H groups in total. The van der Waals surface area contributed by atoms with Gasteiger partial charge in [-0.2, -0.15) is 8.82 Å². The smallest absolute Gasteiger partial charge is 0.211 e. The lowest BCUT2D eigenvalue weighted by Gasteiger charge is -2.40. The summed E-state index contributed by atoms with van der Waals surface area (Å²) in [7, 11) is -3.25. The van der Waals surface area contributed by atoms with Gasteiger partial charge in [0, 0.05) is 50.6 Å². The number of aliphatic hydroxyl groups is 1. The normalized spacial score (nSPS) is 24.0. The molecule has 4 rings (SSSR count). The summed E-state index contributed by atoms with van der Waals surface area (Å²) in [4.78, 5) is 2.22. The third kappa shape index (κ3) is 4.29. The fraction of sp³-hybridized carbons (Fsp3) is 0.737. The van der Waals surface area contributed by atoms with E-state index in [4.69, 9.17) is 5.10 Å². The highest BCUT2D eigenvalue weighted by Gasteiger charge is 2.39. The summed E-state index contributed by atoms with van der Waals surface area (Å²) in [6, 6.07) is 3.92. The number of hydrogen-bond acceptors (Lipinski definition) is 8. The van der Waals surface area contributed by atoms with Crippen LogP contribution in [-0.2, 0) is 15.4 Å². The van der Waals surface area contributed by atoms with Crippen molar-refractivity contribution < 1.29 is 13.5 Å². The van der Waals surface area contributed by atoms with Crippen LogP contribution in [0.15, 0.2) is 12.1 Å². The summed E-state index contributed by atoms with van der Waals surface area (Å²) in [5, 5.41) is 27.2. The molecule has 10 nitrogen and oxygen atoms in total. The molecule has 4 heterocycles. The molecule has 2 aromatic heterocycles. The molecule has 2 saturated heterocycles. The van der Waals surface area contributed by atoms with Gasteiger partial charge in [0.25, 0.3) is 0 Å². The van der Waals surface area contributed by atoms with Crippen LogP contribution in [-0.4, -0.2) is 88.8 Å². The van der Waals surface area contributed by atoms with E-state index in [1.165, 1.54) is 10.6 Å². The molecule has 1 atom stereocenters. The molecule has 11 heteroatoms. The highest BCUT2D eigenvalue weighted by molar-refractivity contribution is 7.88. The van der Waals surface area contributed by atoms with E-state index in [-0.39, 0.29) is 12.0 Å². The van der Waals surface area contributed by atoms with Crippen molar-refractivity contribution in [1.29, 1.82) is 0 Å². The maximum atomic E-state index is 11.6. The van der Waals surface area contributed by atoms with Crippen LogP contribution in [0.5, 0.6) is 0 Å². The molecule has 2 aromatic rings. The molecule has 2 aliphatic heterocycles. The quantitative estimate of drug-likeness (QED) is 0.641. The first-order valence-corrected chi connectivity index (χ1v) is 12.2. The minimum Gasteiger partial charge on any atom is -0.387 e. The summed E-state index contributed by atoms with van der Waals surface area (Å²) in [5.41, 5.74) is -0.383. The van der Waals surface area contributed by atoms with Crippen molar-refractivity contribution in [3.05, 3.63) is 18.0 Å². The Morgan fingerprint density at radius 1 is 1.27 bits per heavy atom.